The van der Waals surface area contributed by atoms with E-state index < -0.39 is 9.84 Å². The zero-order valence-corrected chi connectivity index (χ0v) is 14.5. The molecular weight excluding hydrogens is 338 g/mol. The SMILES string of the molecule is O=C1CCCN1C1CCOc2ccc(S(=O)(=O)c3ccccc3)cc21. The molecule has 0 spiro atoms. The van der Waals surface area contributed by atoms with Crippen molar-refractivity contribution in [1.29, 1.82) is 0 Å². The third-order valence-corrected chi connectivity index (χ3v) is 6.61. The Bertz CT molecular complexity index is 908. The lowest BCUT2D eigenvalue weighted by Crippen LogP contribution is -2.33. The lowest BCUT2D eigenvalue weighted by Gasteiger charge is -2.33. The number of hydrogen-bond acceptors (Lipinski definition) is 4. The first-order valence-corrected chi connectivity index (χ1v) is 9.92. The van der Waals surface area contributed by atoms with Crippen LogP contribution in [-0.2, 0) is 14.6 Å². The quantitative estimate of drug-likeness (QED) is 0.847. The van der Waals surface area contributed by atoms with Crippen molar-refractivity contribution >= 4 is 15.7 Å². The number of carbonyl (C=O) groups is 1. The Labute approximate surface area is 147 Å². The van der Waals surface area contributed by atoms with E-state index in [2.05, 4.69) is 0 Å². The average Bonchev–Trinajstić information content (AvgIpc) is 3.07. The molecular formula is C19H19NO4S. The van der Waals surface area contributed by atoms with Crippen molar-refractivity contribution in [3.63, 3.8) is 0 Å². The van der Waals surface area contributed by atoms with Crippen LogP contribution in [0.4, 0.5) is 0 Å². The van der Waals surface area contributed by atoms with Crippen molar-refractivity contribution in [2.75, 3.05) is 13.2 Å². The van der Waals surface area contributed by atoms with Crippen molar-refractivity contribution in [2.24, 2.45) is 0 Å². The summed E-state index contributed by atoms with van der Waals surface area (Å²) in [4.78, 5) is 14.5. The second-order valence-electron chi connectivity index (χ2n) is 6.36. The fourth-order valence-electron chi connectivity index (χ4n) is 3.58. The molecule has 1 unspecified atom stereocenters. The van der Waals surface area contributed by atoms with Crippen molar-refractivity contribution in [3.05, 3.63) is 54.1 Å². The van der Waals surface area contributed by atoms with Gasteiger partial charge in [-0.1, -0.05) is 18.2 Å². The zero-order valence-electron chi connectivity index (χ0n) is 13.7. The minimum Gasteiger partial charge on any atom is -0.493 e. The molecule has 0 radical (unpaired) electrons. The molecule has 0 N–H and O–H groups in total. The molecule has 130 valence electrons. The molecule has 0 aliphatic carbocycles. The number of rotatable bonds is 3. The molecule has 0 saturated carbocycles. The fraction of sp³-hybridized carbons (Fsp3) is 0.316. The highest BCUT2D eigenvalue weighted by atomic mass is 32.2. The third-order valence-electron chi connectivity index (χ3n) is 4.84. The van der Waals surface area contributed by atoms with Gasteiger partial charge < -0.3 is 9.64 Å². The molecule has 25 heavy (non-hydrogen) atoms. The molecule has 6 heteroatoms. The summed E-state index contributed by atoms with van der Waals surface area (Å²) in [5.74, 6) is 0.803. The number of nitrogens with zero attached hydrogens (tertiary/aromatic N) is 1. The van der Waals surface area contributed by atoms with Crippen molar-refractivity contribution in [3.8, 4) is 5.75 Å². The highest BCUT2D eigenvalue weighted by molar-refractivity contribution is 7.91. The van der Waals surface area contributed by atoms with E-state index in [0.29, 0.717) is 25.2 Å². The Hall–Kier alpha value is -2.34. The van der Waals surface area contributed by atoms with Gasteiger partial charge in [0.2, 0.25) is 15.7 Å². The van der Waals surface area contributed by atoms with Gasteiger partial charge in [0.15, 0.2) is 0 Å². The van der Waals surface area contributed by atoms with Gasteiger partial charge in [-0.15, -0.1) is 0 Å². The van der Waals surface area contributed by atoms with Crippen molar-refractivity contribution < 1.29 is 17.9 Å². The van der Waals surface area contributed by atoms with Crippen LogP contribution in [0.15, 0.2) is 58.3 Å². The number of hydrogen-bond donors (Lipinski definition) is 0. The van der Waals surface area contributed by atoms with Gasteiger partial charge in [-0.3, -0.25) is 4.79 Å². The highest BCUT2D eigenvalue weighted by Gasteiger charge is 2.34. The molecule has 2 aliphatic heterocycles. The molecule has 2 heterocycles. The minimum absolute atomic E-state index is 0.107. The summed E-state index contributed by atoms with van der Waals surface area (Å²) in [5.41, 5.74) is 0.790. The summed E-state index contributed by atoms with van der Waals surface area (Å²) in [6.07, 6.45) is 2.11. The maximum atomic E-state index is 12.9. The van der Waals surface area contributed by atoms with Gasteiger partial charge in [0.1, 0.15) is 5.75 Å². The van der Waals surface area contributed by atoms with E-state index in [9.17, 15) is 13.2 Å². The molecule has 1 amide bonds. The minimum atomic E-state index is -3.59. The van der Waals surface area contributed by atoms with Crippen LogP contribution >= 0.6 is 0 Å². The van der Waals surface area contributed by atoms with Gasteiger partial charge in [0.05, 0.1) is 22.4 Å². The summed E-state index contributed by atoms with van der Waals surface area (Å²) >= 11 is 0. The molecule has 2 aromatic carbocycles. The molecule has 1 atom stereocenters. The molecule has 5 nitrogen and oxygen atoms in total. The van der Waals surface area contributed by atoms with E-state index in [0.717, 1.165) is 18.5 Å². The maximum Gasteiger partial charge on any atom is 0.223 e. The van der Waals surface area contributed by atoms with E-state index in [-0.39, 0.29) is 21.7 Å². The predicted octanol–water partition coefficient (Wildman–Crippen LogP) is 2.97. The van der Waals surface area contributed by atoms with Crippen molar-refractivity contribution in [2.45, 2.75) is 35.1 Å². The monoisotopic (exact) mass is 357 g/mol. The van der Waals surface area contributed by atoms with Crippen molar-refractivity contribution in [1.82, 2.24) is 4.90 Å². The summed E-state index contributed by atoms with van der Waals surface area (Å²) in [5, 5.41) is 0. The summed E-state index contributed by atoms with van der Waals surface area (Å²) in [6, 6.07) is 13.2. The third kappa shape index (κ3) is 2.80. The first-order chi connectivity index (χ1) is 12.1. The van der Waals surface area contributed by atoms with Crippen LogP contribution in [0.25, 0.3) is 0 Å². The first-order valence-electron chi connectivity index (χ1n) is 8.44. The Morgan fingerprint density at radius 3 is 2.56 bits per heavy atom. The second-order valence-corrected chi connectivity index (χ2v) is 8.31. The van der Waals surface area contributed by atoms with Crippen LogP contribution in [0.5, 0.6) is 5.75 Å². The molecule has 4 rings (SSSR count). The Morgan fingerprint density at radius 1 is 1.04 bits per heavy atom. The van der Waals surface area contributed by atoms with Gasteiger partial charge >= 0.3 is 0 Å². The number of benzene rings is 2. The Kier molecular flexibility index (Phi) is 4.00. The number of carbonyl (C=O) groups excluding carboxylic acids is 1. The van der Waals surface area contributed by atoms with Crippen LogP contribution in [0.2, 0.25) is 0 Å². The maximum absolute atomic E-state index is 12.9. The Balaban J connectivity index is 1.77. The zero-order chi connectivity index (χ0) is 17.4. The van der Waals surface area contributed by atoms with E-state index in [1.54, 1.807) is 48.5 Å². The largest absolute Gasteiger partial charge is 0.493 e. The Morgan fingerprint density at radius 2 is 1.84 bits per heavy atom. The smallest absolute Gasteiger partial charge is 0.223 e. The first kappa shape index (κ1) is 16.1. The topological polar surface area (TPSA) is 63.7 Å². The van der Waals surface area contributed by atoms with Gasteiger partial charge in [0.25, 0.3) is 0 Å². The second kappa shape index (κ2) is 6.19. The lowest BCUT2D eigenvalue weighted by molar-refractivity contribution is -0.130. The van der Waals surface area contributed by atoms with Gasteiger partial charge in [-0.2, -0.15) is 0 Å². The van der Waals surface area contributed by atoms with E-state index >= 15 is 0 Å². The molecule has 0 aromatic heterocycles. The predicted molar refractivity (Wildman–Crippen MR) is 92.1 cm³/mol. The standard InChI is InChI=1S/C19H19NO4S/c21-19-7-4-11-20(19)17-10-12-24-18-9-8-15(13-16(17)18)25(22,23)14-5-2-1-3-6-14/h1-3,5-6,8-9,13,17H,4,7,10-12H2. The normalized spacial score (nSPS) is 20.2. The lowest BCUT2D eigenvalue weighted by atomic mass is 9.99. The number of sulfone groups is 1. The number of likely N-dealkylation sites (tertiary alicyclic amines) is 1. The fourth-order valence-corrected chi connectivity index (χ4v) is 4.90. The number of amides is 1. The molecule has 2 aliphatic rings. The molecule has 1 saturated heterocycles. The van der Waals surface area contributed by atoms with Gasteiger partial charge in [0, 0.05) is 24.9 Å². The van der Waals surface area contributed by atoms with E-state index in [1.807, 2.05) is 4.90 Å². The molecule has 1 fully saturated rings. The average molecular weight is 357 g/mol. The number of fused-ring (bicyclic) bond motifs is 1. The van der Waals surface area contributed by atoms with Crippen LogP contribution in [0, 0.1) is 0 Å². The van der Waals surface area contributed by atoms with Gasteiger partial charge in [-0.05, 0) is 36.8 Å². The van der Waals surface area contributed by atoms with Gasteiger partial charge in [-0.25, -0.2) is 8.42 Å². The highest BCUT2D eigenvalue weighted by Crippen LogP contribution is 2.39. The van der Waals surface area contributed by atoms with Crippen LogP contribution in [0.1, 0.15) is 30.9 Å². The molecule has 2 aromatic rings. The summed E-state index contributed by atoms with van der Waals surface area (Å²) in [7, 11) is -3.59. The molecule has 0 bridgehead atoms. The van der Waals surface area contributed by atoms with E-state index in [1.165, 1.54) is 0 Å². The summed E-state index contributed by atoms with van der Waals surface area (Å²) in [6.45, 7) is 1.25. The van der Waals surface area contributed by atoms with Crippen LogP contribution in [0.3, 0.4) is 0 Å². The summed E-state index contributed by atoms with van der Waals surface area (Å²) < 4.78 is 31.5. The number of ether oxygens (including phenoxy) is 1. The van der Waals surface area contributed by atoms with Crippen LogP contribution < -0.4 is 4.74 Å². The van der Waals surface area contributed by atoms with Crippen LogP contribution in [-0.4, -0.2) is 32.4 Å². The van der Waals surface area contributed by atoms with E-state index in [4.69, 9.17) is 4.74 Å².